The van der Waals surface area contributed by atoms with Crippen molar-refractivity contribution in [1.82, 2.24) is 5.32 Å². The van der Waals surface area contributed by atoms with Crippen LogP contribution in [0.2, 0.25) is 0 Å². The molecule has 1 aromatic rings. The van der Waals surface area contributed by atoms with Gasteiger partial charge in [-0.1, -0.05) is 26.0 Å². The Kier molecular flexibility index (Phi) is 3.41. The molecule has 0 aromatic heterocycles. The van der Waals surface area contributed by atoms with Crippen molar-refractivity contribution in [1.29, 1.82) is 0 Å². The SMILES string of the molecule is CN1C(=O)Cc2cc(C(C)(C)CNCO)ccc21. The number of aliphatic hydroxyl groups is 1. The van der Waals surface area contributed by atoms with Gasteiger partial charge in [-0.15, -0.1) is 0 Å². The topological polar surface area (TPSA) is 52.6 Å². The zero-order valence-electron chi connectivity index (χ0n) is 11.2. The van der Waals surface area contributed by atoms with Gasteiger partial charge in [0.1, 0.15) is 0 Å². The molecule has 0 atom stereocenters. The second kappa shape index (κ2) is 4.71. The predicted molar refractivity (Wildman–Crippen MR) is 71.7 cm³/mol. The molecule has 2 rings (SSSR count). The second-order valence-corrected chi connectivity index (χ2v) is 5.44. The van der Waals surface area contributed by atoms with Crippen LogP contribution >= 0.6 is 0 Å². The molecule has 1 aromatic carbocycles. The summed E-state index contributed by atoms with van der Waals surface area (Å²) in [5.41, 5.74) is 3.22. The number of anilines is 1. The molecule has 0 aliphatic carbocycles. The smallest absolute Gasteiger partial charge is 0.231 e. The van der Waals surface area contributed by atoms with E-state index < -0.39 is 0 Å². The molecule has 4 heteroatoms. The number of hydrogen-bond acceptors (Lipinski definition) is 3. The summed E-state index contributed by atoms with van der Waals surface area (Å²) >= 11 is 0. The van der Waals surface area contributed by atoms with Crippen molar-refractivity contribution in [2.24, 2.45) is 0 Å². The summed E-state index contributed by atoms with van der Waals surface area (Å²) in [5, 5.41) is 11.8. The van der Waals surface area contributed by atoms with Crippen LogP contribution < -0.4 is 10.2 Å². The Hall–Kier alpha value is -1.39. The number of nitrogens with one attached hydrogen (secondary N) is 1. The Labute approximate surface area is 108 Å². The Bertz CT molecular complexity index is 469. The minimum Gasteiger partial charge on any atom is -0.381 e. The molecule has 4 nitrogen and oxygen atoms in total. The Balaban J connectivity index is 2.28. The van der Waals surface area contributed by atoms with Crippen LogP contribution in [0, 0.1) is 0 Å². The molecule has 1 aliphatic rings. The predicted octanol–water partition coefficient (Wildman–Crippen LogP) is 1.02. The van der Waals surface area contributed by atoms with E-state index in [1.54, 1.807) is 4.90 Å². The van der Waals surface area contributed by atoms with Crippen molar-refractivity contribution in [2.45, 2.75) is 25.7 Å². The molecule has 98 valence electrons. The molecule has 0 bridgehead atoms. The van der Waals surface area contributed by atoms with Crippen LogP contribution in [0.25, 0.3) is 0 Å². The minimum atomic E-state index is -0.0675. The first-order chi connectivity index (χ1) is 8.45. The average molecular weight is 248 g/mol. The van der Waals surface area contributed by atoms with Gasteiger partial charge in [-0.3, -0.25) is 10.1 Å². The number of benzene rings is 1. The van der Waals surface area contributed by atoms with E-state index in [2.05, 4.69) is 31.3 Å². The lowest BCUT2D eigenvalue weighted by atomic mass is 9.83. The maximum Gasteiger partial charge on any atom is 0.231 e. The highest BCUT2D eigenvalue weighted by Gasteiger charge is 2.27. The molecule has 0 radical (unpaired) electrons. The monoisotopic (exact) mass is 248 g/mol. The van der Waals surface area contributed by atoms with Crippen LogP contribution in [0.3, 0.4) is 0 Å². The van der Waals surface area contributed by atoms with Gasteiger partial charge in [0.05, 0.1) is 13.2 Å². The molecule has 18 heavy (non-hydrogen) atoms. The molecule has 0 fully saturated rings. The van der Waals surface area contributed by atoms with E-state index in [4.69, 9.17) is 5.11 Å². The average Bonchev–Trinajstić information content (AvgIpc) is 2.62. The summed E-state index contributed by atoms with van der Waals surface area (Å²) in [6.07, 6.45) is 0.489. The Morgan fingerprint density at radius 1 is 1.44 bits per heavy atom. The number of aliphatic hydroxyl groups excluding tert-OH is 1. The van der Waals surface area contributed by atoms with Crippen LogP contribution in [-0.4, -0.2) is 31.3 Å². The first kappa shape index (κ1) is 13.1. The number of carbonyl (C=O) groups excluding carboxylic acids is 1. The van der Waals surface area contributed by atoms with E-state index >= 15 is 0 Å². The lowest BCUT2D eigenvalue weighted by Gasteiger charge is -2.26. The van der Waals surface area contributed by atoms with Gasteiger partial charge in [0.15, 0.2) is 0 Å². The van der Waals surface area contributed by atoms with Crippen molar-refractivity contribution in [3.8, 4) is 0 Å². The normalized spacial score (nSPS) is 15.1. The quantitative estimate of drug-likeness (QED) is 0.782. The van der Waals surface area contributed by atoms with Gasteiger partial charge in [0, 0.05) is 24.7 Å². The molecule has 0 unspecified atom stereocenters. The van der Waals surface area contributed by atoms with Crippen LogP contribution in [0.1, 0.15) is 25.0 Å². The van der Waals surface area contributed by atoms with Crippen molar-refractivity contribution in [3.05, 3.63) is 29.3 Å². The molecular weight excluding hydrogens is 228 g/mol. The third-order valence-electron chi connectivity index (χ3n) is 3.62. The summed E-state index contributed by atoms with van der Waals surface area (Å²) in [6.45, 7) is 4.93. The number of rotatable bonds is 4. The summed E-state index contributed by atoms with van der Waals surface area (Å²) < 4.78 is 0. The zero-order valence-corrected chi connectivity index (χ0v) is 11.2. The minimum absolute atomic E-state index is 0.0183. The Morgan fingerprint density at radius 3 is 2.83 bits per heavy atom. The van der Waals surface area contributed by atoms with E-state index in [1.165, 1.54) is 5.56 Å². The lowest BCUT2D eigenvalue weighted by Crippen LogP contribution is -2.33. The van der Waals surface area contributed by atoms with E-state index in [9.17, 15) is 4.79 Å². The number of fused-ring (bicyclic) bond motifs is 1. The molecule has 0 saturated carbocycles. The van der Waals surface area contributed by atoms with Crippen molar-refractivity contribution in [3.63, 3.8) is 0 Å². The molecule has 2 N–H and O–H groups in total. The summed E-state index contributed by atoms with van der Waals surface area (Å²) in [4.78, 5) is 13.4. The van der Waals surface area contributed by atoms with E-state index in [1.807, 2.05) is 13.1 Å². The molecule has 1 amide bonds. The van der Waals surface area contributed by atoms with Gasteiger partial charge in [-0.2, -0.15) is 0 Å². The fourth-order valence-electron chi connectivity index (χ4n) is 2.36. The standard InChI is InChI=1S/C14H20N2O2/c1-14(2,8-15-9-17)11-4-5-12-10(6-11)7-13(18)16(12)3/h4-6,15,17H,7-9H2,1-3H3. The lowest BCUT2D eigenvalue weighted by molar-refractivity contribution is -0.117. The highest BCUT2D eigenvalue weighted by molar-refractivity contribution is 6.00. The molecule has 1 aliphatic heterocycles. The van der Waals surface area contributed by atoms with E-state index in [-0.39, 0.29) is 18.1 Å². The summed E-state index contributed by atoms with van der Waals surface area (Å²) in [5.74, 6) is 0.147. The number of likely N-dealkylation sites (N-methyl/N-ethyl adjacent to an activating group) is 1. The van der Waals surface area contributed by atoms with Gasteiger partial charge in [0.2, 0.25) is 5.91 Å². The summed E-state index contributed by atoms with van der Waals surface area (Å²) in [7, 11) is 1.81. The van der Waals surface area contributed by atoms with Gasteiger partial charge < -0.3 is 10.0 Å². The summed E-state index contributed by atoms with van der Waals surface area (Å²) in [6, 6.07) is 6.18. The third-order valence-corrected chi connectivity index (χ3v) is 3.62. The van der Waals surface area contributed by atoms with Crippen LogP contribution in [0.15, 0.2) is 18.2 Å². The maximum absolute atomic E-state index is 11.6. The highest BCUT2D eigenvalue weighted by Crippen LogP contribution is 2.32. The number of amides is 1. The fraction of sp³-hybridized carbons (Fsp3) is 0.500. The van der Waals surface area contributed by atoms with Crippen LogP contribution in [0.4, 0.5) is 5.69 Å². The van der Waals surface area contributed by atoms with Gasteiger partial charge in [-0.05, 0) is 17.2 Å². The van der Waals surface area contributed by atoms with E-state index in [0.717, 1.165) is 11.3 Å². The molecule has 1 heterocycles. The Morgan fingerprint density at radius 2 is 2.17 bits per heavy atom. The second-order valence-electron chi connectivity index (χ2n) is 5.44. The molecule has 0 spiro atoms. The number of nitrogens with zero attached hydrogens (tertiary/aromatic N) is 1. The highest BCUT2D eigenvalue weighted by atomic mass is 16.3. The fourth-order valence-corrected chi connectivity index (χ4v) is 2.36. The largest absolute Gasteiger partial charge is 0.381 e. The first-order valence-electron chi connectivity index (χ1n) is 6.17. The van der Waals surface area contributed by atoms with Gasteiger partial charge in [0.25, 0.3) is 0 Å². The van der Waals surface area contributed by atoms with Gasteiger partial charge in [-0.25, -0.2) is 0 Å². The molecule has 0 saturated heterocycles. The molecular formula is C14H20N2O2. The van der Waals surface area contributed by atoms with Gasteiger partial charge >= 0.3 is 0 Å². The van der Waals surface area contributed by atoms with Crippen molar-refractivity contribution < 1.29 is 9.90 Å². The van der Waals surface area contributed by atoms with Crippen molar-refractivity contribution >= 4 is 11.6 Å². The van der Waals surface area contributed by atoms with Crippen LogP contribution in [0.5, 0.6) is 0 Å². The zero-order chi connectivity index (χ0) is 13.3. The third kappa shape index (κ3) is 2.26. The maximum atomic E-state index is 11.6. The first-order valence-corrected chi connectivity index (χ1v) is 6.17. The number of carbonyl (C=O) groups is 1. The number of hydrogen-bond donors (Lipinski definition) is 2. The van der Waals surface area contributed by atoms with Crippen LogP contribution in [-0.2, 0) is 16.6 Å². The van der Waals surface area contributed by atoms with E-state index in [0.29, 0.717) is 13.0 Å². The van der Waals surface area contributed by atoms with Crippen molar-refractivity contribution in [2.75, 3.05) is 25.2 Å².